The van der Waals surface area contributed by atoms with Crippen LogP contribution in [-0.2, 0) is 9.59 Å². The fraction of sp³-hybridized carbons (Fsp3) is 0.0455. The quantitative estimate of drug-likeness (QED) is 0.154. The fourth-order valence-corrected chi connectivity index (χ4v) is 4.26. The van der Waals surface area contributed by atoms with E-state index in [9.17, 15) is 19.7 Å². The van der Waals surface area contributed by atoms with Gasteiger partial charge in [0.1, 0.15) is 17.1 Å². The number of nitro groups is 1. The molecule has 0 atom stereocenters. The minimum atomic E-state index is -0.657. The molecule has 1 N–H and O–H groups in total. The first-order chi connectivity index (χ1) is 15.7. The average Bonchev–Trinajstić information content (AvgIpc) is 3.22. The molecule has 0 radical (unpaired) electrons. The molecule has 1 fully saturated rings. The zero-order chi connectivity index (χ0) is 23.9. The van der Waals surface area contributed by atoms with Gasteiger partial charge in [0, 0.05) is 27.2 Å². The van der Waals surface area contributed by atoms with Gasteiger partial charge in [0.25, 0.3) is 17.5 Å². The summed E-state index contributed by atoms with van der Waals surface area (Å²) in [7, 11) is 0. The number of nitro benzene ring substituents is 1. The monoisotopic (exact) mass is 545 g/mol. The highest BCUT2D eigenvalue weighted by molar-refractivity contribution is 9.10. The summed E-state index contributed by atoms with van der Waals surface area (Å²) in [5, 5.41) is 13.9. The SMILES string of the molecule is Cc1c(Cl)cccc1N1C(=O)/C(=C\c2ccc(-c3ccc([N+](=O)[O-])cc3Br)o2)C(=O)NC1=S. The van der Waals surface area contributed by atoms with Crippen LogP contribution in [0.3, 0.4) is 0 Å². The second kappa shape index (κ2) is 8.89. The molecule has 1 aromatic heterocycles. The van der Waals surface area contributed by atoms with Crippen LogP contribution in [0.15, 0.2) is 63.0 Å². The molecule has 2 amide bonds. The van der Waals surface area contributed by atoms with Crippen molar-refractivity contribution >= 4 is 74.1 Å². The minimum absolute atomic E-state index is 0.0533. The molecule has 1 saturated heterocycles. The van der Waals surface area contributed by atoms with Gasteiger partial charge in [0.15, 0.2) is 5.11 Å². The van der Waals surface area contributed by atoms with Crippen LogP contribution in [0.1, 0.15) is 11.3 Å². The number of thiocarbonyl (C=S) groups is 1. The maximum absolute atomic E-state index is 13.2. The molecule has 11 heteroatoms. The second-order valence-corrected chi connectivity index (χ2v) is 8.61. The van der Waals surface area contributed by atoms with E-state index in [1.165, 1.54) is 23.1 Å². The van der Waals surface area contributed by atoms with Gasteiger partial charge in [0.2, 0.25) is 0 Å². The van der Waals surface area contributed by atoms with Crippen LogP contribution in [0.5, 0.6) is 0 Å². The molecule has 0 saturated carbocycles. The minimum Gasteiger partial charge on any atom is -0.457 e. The first-order valence-corrected chi connectivity index (χ1v) is 11.0. The fourth-order valence-electron chi connectivity index (χ4n) is 3.25. The Kier molecular flexibility index (Phi) is 6.15. The Hall–Kier alpha value is -3.34. The van der Waals surface area contributed by atoms with E-state index < -0.39 is 16.7 Å². The van der Waals surface area contributed by atoms with Gasteiger partial charge in [-0.05, 0) is 77.0 Å². The molecule has 33 heavy (non-hydrogen) atoms. The normalized spacial score (nSPS) is 15.2. The number of hydrogen-bond donors (Lipinski definition) is 1. The van der Waals surface area contributed by atoms with Crippen molar-refractivity contribution in [2.24, 2.45) is 0 Å². The van der Waals surface area contributed by atoms with E-state index in [1.807, 2.05) is 0 Å². The van der Waals surface area contributed by atoms with Gasteiger partial charge in [-0.2, -0.15) is 0 Å². The summed E-state index contributed by atoms with van der Waals surface area (Å²) in [6.45, 7) is 1.74. The number of amides is 2. The van der Waals surface area contributed by atoms with E-state index in [0.29, 0.717) is 32.1 Å². The van der Waals surface area contributed by atoms with Crippen molar-refractivity contribution in [2.45, 2.75) is 6.92 Å². The maximum Gasteiger partial charge on any atom is 0.270 e. The number of furan rings is 1. The Morgan fingerprint density at radius 3 is 2.67 bits per heavy atom. The van der Waals surface area contributed by atoms with E-state index in [-0.39, 0.29) is 22.1 Å². The number of nitrogens with one attached hydrogen (secondary N) is 1. The lowest BCUT2D eigenvalue weighted by Gasteiger charge is -2.30. The Bertz CT molecular complexity index is 1380. The van der Waals surface area contributed by atoms with E-state index in [4.69, 9.17) is 28.2 Å². The zero-order valence-corrected chi connectivity index (χ0v) is 20.0. The molecule has 8 nitrogen and oxygen atoms in total. The number of non-ortho nitro benzene ring substituents is 1. The zero-order valence-electron chi connectivity index (χ0n) is 16.8. The number of anilines is 1. The second-order valence-electron chi connectivity index (χ2n) is 6.97. The number of carbonyl (C=O) groups is 2. The number of hydrogen-bond acceptors (Lipinski definition) is 6. The topological polar surface area (TPSA) is 106 Å². The van der Waals surface area contributed by atoms with Crippen molar-refractivity contribution in [3.63, 3.8) is 0 Å². The van der Waals surface area contributed by atoms with E-state index in [2.05, 4.69) is 21.2 Å². The van der Waals surface area contributed by atoms with Crippen molar-refractivity contribution in [3.05, 3.63) is 85.0 Å². The number of halogens is 2. The van der Waals surface area contributed by atoms with E-state index in [1.54, 1.807) is 43.3 Å². The molecule has 0 bridgehead atoms. The van der Waals surface area contributed by atoms with Crippen LogP contribution in [0.4, 0.5) is 11.4 Å². The van der Waals surface area contributed by atoms with Crippen LogP contribution < -0.4 is 10.2 Å². The number of benzene rings is 2. The lowest BCUT2D eigenvalue weighted by atomic mass is 10.1. The molecule has 4 rings (SSSR count). The molecule has 1 aliphatic heterocycles. The molecule has 2 heterocycles. The van der Waals surface area contributed by atoms with Crippen LogP contribution >= 0.6 is 39.7 Å². The van der Waals surface area contributed by atoms with Gasteiger partial charge < -0.3 is 4.42 Å². The third kappa shape index (κ3) is 4.32. The molecule has 3 aromatic rings. The van der Waals surface area contributed by atoms with Gasteiger partial charge >= 0.3 is 0 Å². The third-order valence-corrected chi connectivity index (χ3v) is 6.27. The smallest absolute Gasteiger partial charge is 0.270 e. The number of rotatable bonds is 4. The van der Waals surface area contributed by atoms with Crippen molar-refractivity contribution in [1.29, 1.82) is 0 Å². The highest BCUT2D eigenvalue weighted by Crippen LogP contribution is 2.34. The molecule has 1 aliphatic rings. The maximum atomic E-state index is 13.2. The third-order valence-electron chi connectivity index (χ3n) is 4.92. The summed E-state index contributed by atoms with van der Waals surface area (Å²) in [6, 6.07) is 12.5. The van der Waals surface area contributed by atoms with Gasteiger partial charge in [-0.25, -0.2) is 0 Å². The molecule has 0 aliphatic carbocycles. The summed E-state index contributed by atoms with van der Waals surface area (Å²) < 4.78 is 6.24. The van der Waals surface area contributed by atoms with Gasteiger partial charge in [0.05, 0.1) is 10.6 Å². The first kappa shape index (κ1) is 22.8. The predicted molar refractivity (Wildman–Crippen MR) is 131 cm³/mol. The summed E-state index contributed by atoms with van der Waals surface area (Å²) in [5.74, 6) is -0.645. The number of carbonyl (C=O) groups excluding carboxylic acids is 2. The number of nitrogens with zero attached hydrogens (tertiary/aromatic N) is 2. The molecule has 0 spiro atoms. The summed E-state index contributed by atoms with van der Waals surface area (Å²) in [4.78, 5) is 37.4. The highest BCUT2D eigenvalue weighted by atomic mass is 79.9. The Morgan fingerprint density at radius 2 is 1.97 bits per heavy atom. The Morgan fingerprint density at radius 1 is 1.21 bits per heavy atom. The lowest BCUT2D eigenvalue weighted by molar-refractivity contribution is -0.384. The summed E-state index contributed by atoms with van der Waals surface area (Å²) in [5.41, 5.74) is 1.41. The van der Waals surface area contributed by atoms with Crippen molar-refractivity contribution in [3.8, 4) is 11.3 Å². The molecule has 166 valence electrons. The Balaban J connectivity index is 1.69. The lowest BCUT2D eigenvalue weighted by Crippen LogP contribution is -2.54. The van der Waals surface area contributed by atoms with Crippen molar-refractivity contribution in [2.75, 3.05) is 4.90 Å². The molecule has 2 aromatic carbocycles. The largest absolute Gasteiger partial charge is 0.457 e. The standard InChI is InChI=1S/C22H13BrClN3O5S/c1-11-17(24)3-2-4-18(11)26-21(29)15(20(28)25-22(26)33)10-13-6-8-19(32-13)14-7-5-12(27(30)31)9-16(14)23/h2-10H,1H3,(H,25,28,33)/b15-10-. The van der Waals surface area contributed by atoms with Crippen molar-refractivity contribution in [1.82, 2.24) is 5.32 Å². The molecular formula is C22H13BrClN3O5S. The Labute approximate surface area is 206 Å². The van der Waals surface area contributed by atoms with Crippen LogP contribution in [0, 0.1) is 17.0 Å². The van der Waals surface area contributed by atoms with Crippen molar-refractivity contribution < 1.29 is 18.9 Å². The molecule has 0 unspecified atom stereocenters. The summed E-state index contributed by atoms with van der Waals surface area (Å²) >= 11 is 14.7. The van der Waals surface area contributed by atoms with E-state index in [0.717, 1.165) is 0 Å². The van der Waals surface area contributed by atoms with Crippen LogP contribution in [-0.4, -0.2) is 21.9 Å². The van der Waals surface area contributed by atoms with Crippen LogP contribution in [0.2, 0.25) is 5.02 Å². The van der Waals surface area contributed by atoms with E-state index >= 15 is 0 Å². The van der Waals surface area contributed by atoms with Gasteiger partial charge in [-0.15, -0.1) is 0 Å². The molecular weight excluding hydrogens is 534 g/mol. The average molecular weight is 547 g/mol. The predicted octanol–water partition coefficient (Wildman–Crippen LogP) is 5.41. The summed E-state index contributed by atoms with van der Waals surface area (Å²) in [6.07, 6.45) is 1.31. The van der Waals surface area contributed by atoms with Gasteiger partial charge in [-0.1, -0.05) is 17.7 Å². The van der Waals surface area contributed by atoms with Gasteiger partial charge in [-0.3, -0.25) is 29.9 Å². The first-order valence-electron chi connectivity index (χ1n) is 9.38. The highest BCUT2D eigenvalue weighted by Gasteiger charge is 2.35. The van der Waals surface area contributed by atoms with Crippen LogP contribution in [0.25, 0.3) is 17.4 Å².